The van der Waals surface area contributed by atoms with E-state index in [2.05, 4.69) is 35.7 Å². The molecule has 106 valence electrons. The first kappa shape index (κ1) is 13.7. The Morgan fingerprint density at radius 2 is 1.62 bits per heavy atom. The first-order chi connectivity index (χ1) is 10.3. The van der Waals surface area contributed by atoms with Gasteiger partial charge in [0.15, 0.2) is 0 Å². The summed E-state index contributed by atoms with van der Waals surface area (Å²) in [5, 5.41) is 3.26. The summed E-state index contributed by atoms with van der Waals surface area (Å²) >= 11 is 1.73. The second-order valence-corrected chi connectivity index (χ2v) is 5.61. The molecule has 0 N–H and O–H groups in total. The molecule has 1 heterocycles. The third kappa shape index (κ3) is 2.93. The summed E-state index contributed by atoms with van der Waals surface area (Å²) in [6.07, 6.45) is 4.19. The third-order valence-corrected chi connectivity index (χ3v) is 4.22. The van der Waals surface area contributed by atoms with E-state index < -0.39 is 0 Å². The lowest BCUT2D eigenvalue weighted by Gasteiger charge is -2.04. The number of ether oxygens (including phenoxy) is 2. The molecule has 0 amide bonds. The van der Waals surface area contributed by atoms with Gasteiger partial charge in [0.05, 0.1) is 14.2 Å². The minimum absolute atomic E-state index is 0.869. The van der Waals surface area contributed by atoms with Crippen LogP contribution in [-0.2, 0) is 0 Å². The van der Waals surface area contributed by atoms with E-state index in [4.69, 9.17) is 9.47 Å². The molecule has 21 heavy (non-hydrogen) atoms. The van der Waals surface area contributed by atoms with Crippen LogP contribution in [0, 0.1) is 0 Å². The Hall–Kier alpha value is -2.26. The molecule has 3 aromatic rings. The van der Waals surface area contributed by atoms with Crippen LogP contribution in [0.25, 0.3) is 22.2 Å². The highest BCUT2D eigenvalue weighted by molar-refractivity contribution is 7.17. The molecule has 3 rings (SSSR count). The molecule has 0 aliphatic heterocycles. The molecule has 0 bridgehead atoms. The van der Waals surface area contributed by atoms with Crippen LogP contribution < -0.4 is 9.47 Å². The van der Waals surface area contributed by atoms with Gasteiger partial charge in [-0.1, -0.05) is 24.3 Å². The number of hydrogen-bond acceptors (Lipinski definition) is 3. The number of fused-ring (bicyclic) bond motifs is 1. The van der Waals surface area contributed by atoms with E-state index in [0.717, 1.165) is 22.6 Å². The van der Waals surface area contributed by atoms with Crippen molar-refractivity contribution < 1.29 is 9.47 Å². The Bertz CT molecular complexity index is 770. The molecule has 0 aliphatic carbocycles. The molecule has 2 nitrogen and oxygen atoms in total. The number of benzene rings is 2. The maximum Gasteiger partial charge on any atom is 0.128 e. The molecule has 0 unspecified atom stereocenters. The normalized spacial score (nSPS) is 11.1. The van der Waals surface area contributed by atoms with E-state index in [1.54, 1.807) is 25.6 Å². The Balaban J connectivity index is 1.91. The molecular weight excluding hydrogens is 280 g/mol. The number of rotatable bonds is 4. The quantitative estimate of drug-likeness (QED) is 0.624. The third-order valence-electron chi connectivity index (χ3n) is 3.36. The molecule has 0 saturated carbocycles. The maximum atomic E-state index is 5.47. The lowest BCUT2D eigenvalue weighted by molar-refractivity contribution is 0.415. The highest BCUT2D eigenvalue weighted by Gasteiger charge is 2.04. The summed E-state index contributed by atoms with van der Waals surface area (Å²) in [4.78, 5) is 0. The summed E-state index contributed by atoms with van der Waals surface area (Å²) in [6, 6.07) is 14.3. The lowest BCUT2D eigenvalue weighted by atomic mass is 10.1. The van der Waals surface area contributed by atoms with Gasteiger partial charge in [-0.15, -0.1) is 11.3 Å². The summed E-state index contributed by atoms with van der Waals surface area (Å²) in [6.45, 7) is 0. The molecular formula is C18H16O2S. The van der Waals surface area contributed by atoms with Crippen LogP contribution in [0.5, 0.6) is 11.5 Å². The zero-order chi connectivity index (χ0) is 14.7. The van der Waals surface area contributed by atoms with E-state index in [9.17, 15) is 0 Å². The standard InChI is InChI=1S/C18H16O2S/c1-19-15-7-5-13(6-8-15)3-4-14-11-17(20-2)16-9-10-21-18(16)12-14/h3-12H,1-2H3/b4-3-. The molecule has 0 aliphatic rings. The summed E-state index contributed by atoms with van der Waals surface area (Å²) in [5.41, 5.74) is 2.28. The Labute approximate surface area is 128 Å². The average molecular weight is 296 g/mol. The SMILES string of the molecule is COc1ccc(/C=C\c2cc(OC)c3ccsc3c2)cc1. The van der Waals surface area contributed by atoms with Crippen molar-refractivity contribution in [3.05, 3.63) is 59.0 Å². The van der Waals surface area contributed by atoms with Crippen LogP contribution in [-0.4, -0.2) is 14.2 Å². The number of hydrogen-bond donors (Lipinski definition) is 0. The van der Waals surface area contributed by atoms with Crippen molar-refractivity contribution in [1.82, 2.24) is 0 Å². The minimum atomic E-state index is 0.869. The second kappa shape index (κ2) is 6.02. The topological polar surface area (TPSA) is 18.5 Å². The fraction of sp³-hybridized carbons (Fsp3) is 0.111. The van der Waals surface area contributed by atoms with E-state index in [0.29, 0.717) is 0 Å². The van der Waals surface area contributed by atoms with Crippen LogP contribution in [0.15, 0.2) is 47.8 Å². The van der Waals surface area contributed by atoms with Crippen molar-refractivity contribution in [2.24, 2.45) is 0 Å². The van der Waals surface area contributed by atoms with Crippen molar-refractivity contribution in [2.45, 2.75) is 0 Å². The molecule has 3 heteroatoms. The van der Waals surface area contributed by atoms with Gasteiger partial charge in [0.25, 0.3) is 0 Å². The summed E-state index contributed by atoms with van der Waals surface area (Å²) in [7, 11) is 3.39. The monoisotopic (exact) mass is 296 g/mol. The van der Waals surface area contributed by atoms with Gasteiger partial charge in [-0.05, 0) is 46.8 Å². The molecule has 0 atom stereocenters. The van der Waals surface area contributed by atoms with Gasteiger partial charge in [0, 0.05) is 10.1 Å². The first-order valence-corrected chi connectivity index (χ1v) is 7.55. The summed E-state index contributed by atoms with van der Waals surface area (Å²) in [5.74, 6) is 1.79. The molecule has 0 spiro atoms. The van der Waals surface area contributed by atoms with Crippen molar-refractivity contribution in [3.8, 4) is 11.5 Å². The van der Waals surface area contributed by atoms with Crippen molar-refractivity contribution in [1.29, 1.82) is 0 Å². The molecule has 0 radical (unpaired) electrons. The van der Waals surface area contributed by atoms with Crippen molar-refractivity contribution >= 4 is 33.6 Å². The second-order valence-electron chi connectivity index (χ2n) is 4.66. The van der Waals surface area contributed by atoms with Gasteiger partial charge in [0.2, 0.25) is 0 Å². The van der Waals surface area contributed by atoms with Crippen molar-refractivity contribution in [3.63, 3.8) is 0 Å². The summed E-state index contributed by atoms with van der Waals surface area (Å²) < 4.78 is 11.9. The van der Waals surface area contributed by atoms with Gasteiger partial charge in [-0.25, -0.2) is 0 Å². The Kier molecular flexibility index (Phi) is 3.93. The highest BCUT2D eigenvalue weighted by atomic mass is 32.1. The van der Waals surface area contributed by atoms with E-state index >= 15 is 0 Å². The number of thiophene rings is 1. The molecule has 2 aromatic carbocycles. The average Bonchev–Trinajstić information content (AvgIpc) is 3.01. The largest absolute Gasteiger partial charge is 0.497 e. The van der Waals surface area contributed by atoms with Crippen LogP contribution in [0.2, 0.25) is 0 Å². The predicted molar refractivity (Wildman–Crippen MR) is 90.3 cm³/mol. The van der Waals surface area contributed by atoms with E-state index in [1.165, 1.54) is 10.1 Å². The predicted octanol–water partition coefficient (Wildman–Crippen LogP) is 5.09. The van der Waals surface area contributed by atoms with Crippen LogP contribution in [0.4, 0.5) is 0 Å². The number of methoxy groups -OCH3 is 2. The first-order valence-electron chi connectivity index (χ1n) is 6.67. The van der Waals surface area contributed by atoms with Crippen LogP contribution >= 0.6 is 11.3 Å². The van der Waals surface area contributed by atoms with E-state index in [-0.39, 0.29) is 0 Å². The van der Waals surface area contributed by atoms with Gasteiger partial charge >= 0.3 is 0 Å². The fourth-order valence-electron chi connectivity index (χ4n) is 2.23. The zero-order valence-corrected chi connectivity index (χ0v) is 12.8. The molecule has 0 fully saturated rings. The van der Waals surface area contributed by atoms with Crippen LogP contribution in [0.1, 0.15) is 11.1 Å². The molecule has 0 saturated heterocycles. The lowest BCUT2D eigenvalue weighted by Crippen LogP contribution is -1.84. The van der Waals surface area contributed by atoms with Gasteiger partial charge < -0.3 is 9.47 Å². The zero-order valence-electron chi connectivity index (χ0n) is 12.0. The smallest absolute Gasteiger partial charge is 0.128 e. The fourth-order valence-corrected chi connectivity index (χ4v) is 3.08. The Morgan fingerprint density at radius 1 is 0.857 bits per heavy atom. The van der Waals surface area contributed by atoms with Gasteiger partial charge in [-0.3, -0.25) is 0 Å². The molecule has 1 aromatic heterocycles. The van der Waals surface area contributed by atoms with Crippen LogP contribution in [0.3, 0.4) is 0 Å². The highest BCUT2D eigenvalue weighted by Crippen LogP contribution is 2.32. The Morgan fingerprint density at radius 3 is 2.33 bits per heavy atom. The minimum Gasteiger partial charge on any atom is -0.497 e. The van der Waals surface area contributed by atoms with Crippen molar-refractivity contribution in [2.75, 3.05) is 14.2 Å². The maximum absolute atomic E-state index is 5.47. The van der Waals surface area contributed by atoms with Gasteiger partial charge in [-0.2, -0.15) is 0 Å². The van der Waals surface area contributed by atoms with Gasteiger partial charge in [0.1, 0.15) is 11.5 Å². The van der Waals surface area contributed by atoms with E-state index in [1.807, 2.05) is 24.3 Å².